The van der Waals surface area contributed by atoms with E-state index in [1.54, 1.807) is 6.92 Å². The molecule has 0 radical (unpaired) electrons. The van der Waals surface area contributed by atoms with Gasteiger partial charge < -0.3 is 15.2 Å². The lowest BCUT2D eigenvalue weighted by Gasteiger charge is -2.11. The monoisotopic (exact) mass is 283 g/mol. The third kappa shape index (κ3) is 2.80. The molecule has 0 saturated heterocycles. The maximum absolute atomic E-state index is 13.5. The van der Waals surface area contributed by atoms with Gasteiger partial charge in [-0.15, -0.1) is 0 Å². The van der Waals surface area contributed by atoms with E-state index in [1.165, 1.54) is 10.7 Å². The van der Waals surface area contributed by atoms with Crippen LogP contribution in [0.1, 0.15) is 17.4 Å². The van der Waals surface area contributed by atoms with Crippen molar-refractivity contribution in [2.75, 3.05) is 0 Å². The van der Waals surface area contributed by atoms with Crippen LogP contribution in [0, 0.1) is 28.7 Å². The van der Waals surface area contributed by atoms with Gasteiger partial charge in [0.05, 0.1) is 23.4 Å². The number of aryl methyl sites for hydroxylation is 1. The molecule has 8 heteroatoms. The molecule has 1 N–H and O–H groups in total. The van der Waals surface area contributed by atoms with Crippen molar-refractivity contribution in [2.24, 2.45) is 0 Å². The van der Waals surface area contributed by atoms with E-state index in [4.69, 9.17) is 0 Å². The number of hydrogen-bond donors (Lipinski definition) is 1. The van der Waals surface area contributed by atoms with Crippen molar-refractivity contribution in [2.45, 2.75) is 19.6 Å². The largest absolute Gasteiger partial charge is 0.390 e. The van der Waals surface area contributed by atoms with Crippen molar-refractivity contribution in [1.29, 1.82) is 0 Å². The summed E-state index contributed by atoms with van der Waals surface area (Å²) in [7, 11) is 0. The van der Waals surface area contributed by atoms with Crippen LogP contribution in [0.5, 0.6) is 0 Å². The highest BCUT2D eigenvalue weighted by Gasteiger charge is 2.20. The van der Waals surface area contributed by atoms with Crippen LogP contribution in [0.25, 0.3) is 0 Å². The lowest BCUT2D eigenvalue weighted by molar-refractivity contribution is -0.389. The highest BCUT2D eigenvalue weighted by molar-refractivity contribution is 5.23. The third-order valence-corrected chi connectivity index (χ3v) is 2.82. The highest BCUT2D eigenvalue weighted by atomic mass is 19.1. The molecule has 2 aromatic rings. The van der Waals surface area contributed by atoms with E-state index in [9.17, 15) is 24.0 Å². The normalized spacial score (nSPS) is 12.4. The van der Waals surface area contributed by atoms with E-state index in [2.05, 4.69) is 5.10 Å². The Morgan fingerprint density at radius 1 is 1.45 bits per heavy atom. The fourth-order valence-corrected chi connectivity index (χ4v) is 1.80. The number of nitrogens with zero attached hydrogens (tertiary/aromatic N) is 3. The molecule has 0 fully saturated rings. The molecule has 1 atom stereocenters. The summed E-state index contributed by atoms with van der Waals surface area (Å²) in [4.78, 5) is 9.91. The number of nitro groups is 1. The van der Waals surface area contributed by atoms with Gasteiger partial charge in [0, 0.05) is 5.56 Å². The molecule has 0 aliphatic carbocycles. The van der Waals surface area contributed by atoms with Crippen LogP contribution >= 0.6 is 0 Å². The quantitative estimate of drug-likeness (QED) is 0.688. The van der Waals surface area contributed by atoms with Crippen LogP contribution in [0.4, 0.5) is 14.6 Å². The van der Waals surface area contributed by atoms with Gasteiger partial charge in [0.2, 0.25) is 0 Å². The topological polar surface area (TPSA) is 81.2 Å². The minimum atomic E-state index is -1.36. The first kappa shape index (κ1) is 14.1. The second-order valence-corrected chi connectivity index (χ2v) is 4.26. The molecular formula is C12H11F2N3O3. The fraction of sp³-hybridized carbons (Fsp3) is 0.250. The first-order chi connectivity index (χ1) is 9.38. The smallest absolute Gasteiger partial charge is 0.386 e. The standard InChI is InChI=1S/C12H11F2N3O3/c1-7-4-12(17(19)20)15-16(7)6-11(18)9-5-8(13)2-3-10(9)14/h2-5,11,18H,6H2,1H3/t11-/m1/s1. The summed E-state index contributed by atoms with van der Waals surface area (Å²) in [5.74, 6) is -1.80. The Labute approximate surface area is 112 Å². The van der Waals surface area contributed by atoms with Gasteiger partial charge >= 0.3 is 5.82 Å². The number of aromatic nitrogens is 2. The molecule has 0 bridgehead atoms. The molecule has 0 amide bonds. The summed E-state index contributed by atoms with van der Waals surface area (Å²) in [5.41, 5.74) is 0.218. The first-order valence-corrected chi connectivity index (χ1v) is 5.70. The van der Waals surface area contributed by atoms with Crippen molar-refractivity contribution >= 4 is 5.82 Å². The molecule has 0 aliphatic heterocycles. The maximum atomic E-state index is 13.5. The zero-order valence-corrected chi connectivity index (χ0v) is 10.5. The van der Waals surface area contributed by atoms with Crippen molar-refractivity contribution in [1.82, 2.24) is 9.78 Å². The molecule has 6 nitrogen and oxygen atoms in total. The Bertz CT molecular complexity index is 657. The van der Waals surface area contributed by atoms with Crippen molar-refractivity contribution < 1.29 is 18.8 Å². The van der Waals surface area contributed by atoms with E-state index in [0.29, 0.717) is 5.69 Å². The van der Waals surface area contributed by atoms with Crippen LogP contribution in [0.2, 0.25) is 0 Å². The zero-order valence-electron chi connectivity index (χ0n) is 10.5. The Balaban J connectivity index is 2.25. The van der Waals surface area contributed by atoms with Gasteiger partial charge in [-0.3, -0.25) is 0 Å². The van der Waals surface area contributed by atoms with Gasteiger partial charge in [-0.1, -0.05) is 0 Å². The SMILES string of the molecule is Cc1cc([N+](=O)[O-])nn1C[C@@H](O)c1cc(F)ccc1F. The maximum Gasteiger partial charge on any atom is 0.390 e. The molecule has 106 valence electrons. The molecule has 1 aromatic heterocycles. The minimum Gasteiger partial charge on any atom is -0.386 e. The van der Waals surface area contributed by atoms with E-state index >= 15 is 0 Å². The summed E-state index contributed by atoms with van der Waals surface area (Å²) in [6.45, 7) is 1.36. The summed E-state index contributed by atoms with van der Waals surface area (Å²) in [6.07, 6.45) is -1.36. The molecule has 1 heterocycles. The van der Waals surface area contributed by atoms with E-state index < -0.39 is 22.7 Å². The van der Waals surface area contributed by atoms with Crippen molar-refractivity contribution in [3.63, 3.8) is 0 Å². The van der Waals surface area contributed by atoms with Gasteiger partial charge in [-0.25, -0.2) is 8.78 Å². The molecule has 0 spiro atoms. The molecule has 0 unspecified atom stereocenters. The zero-order chi connectivity index (χ0) is 14.9. The highest BCUT2D eigenvalue weighted by Crippen LogP contribution is 2.21. The van der Waals surface area contributed by atoms with Gasteiger partial charge in [0.1, 0.15) is 17.7 Å². The summed E-state index contributed by atoms with van der Waals surface area (Å²) in [6, 6.07) is 3.96. The Kier molecular flexibility index (Phi) is 3.75. The molecular weight excluding hydrogens is 272 g/mol. The third-order valence-electron chi connectivity index (χ3n) is 2.82. The van der Waals surface area contributed by atoms with E-state index in [1.807, 2.05) is 0 Å². The van der Waals surface area contributed by atoms with Gasteiger partial charge in [0.25, 0.3) is 0 Å². The predicted octanol–water partition coefficient (Wildman–Crippen LogP) is 2.11. The molecule has 0 saturated carbocycles. The van der Waals surface area contributed by atoms with Gasteiger partial charge in [0.15, 0.2) is 0 Å². The Morgan fingerprint density at radius 2 is 2.15 bits per heavy atom. The van der Waals surface area contributed by atoms with Crippen LogP contribution in [-0.4, -0.2) is 19.8 Å². The number of aliphatic hydroxyl groups excluding tert-OH is 1. The van der Waals surface area contributed by atoms with Crippen LogP contribution < -0.4 is 0 Å². The average molecular weight is 283 g/mol. The number of halogens is 2. The molecule has 1 aromatic carbocycles. The van der Waals surface area contributed by atoms with Crippen LogP contribution in [0.15, 0.2) is 24.3 Å². The average Bonchev–Trinajstić information content (AvgIpc) is 2.74. The van der Waals surface area contributed by atoms with Crippen molar-refractivity contribution in [3.8, 4) is 0 Å². The lowest BCUT2D eigenvalue weighted by atomic mass is 10.1. The second kappa shape index (κ2) is 5.33. The number of aliphatic hydroxyl groups is 1. The van der Waals surface area contributed by atoms with Crippen LogP contribution in [-0.2, 0) is 6.54 Å². The molecule has 20 heavy (non-hydrogen) atoms. The summed E-state index contributed by atoms with van der Waals surface area (Å²) in [5, 5.41) is 24.2. The first-order valence-electron chi connectivity index (χ1n) is 5.70. The number of hydrogen-bond acceptors (Lipinski definition) is 4. The minimum absolute atomic E-state index is 0.208. The molecule has 0 aliphatic rings. The number of benzene rings is 1. The number of rotatable bonds is 4. The van der Waals surface area contributed by atoms with Crippen molar-refractivity contribution in [3.05, 3.63) is 57.3 Å². The van der Waals surface area contributed by atoms with Gasteiger partial charge in [-0.05, 0) is 30.0 Å². The Morgan fingerprint density at radius 3 is 2.75 bits per heavy atom. The van der Waals surface area contributed by atoms with Gasteiger partial charge in [-0.2, -0.15) is 4.68 Å². The fourth-order valence-electron chi connectivity index (χ4n) is 1.80. The second-order valence-electron chi connectivity index (χ2n) is 4.26. The summed E-state index contributed by atoms with van der Waals surface area (Å²) >= 11 is 0. The lowest BCUT2D eigenvalue weighted by Crippen LogP contribution is -2.13. The Hall–Kier alpha value is -2.35. The van der Waals surface area contributed by atoms with E-state index in [0.717, 1.165) is 18.2 Å². The van der Waals surface area contributed by atoms with E-state index in [-0.39, 0.29) is 17.9 Å². The summed E-state index contributed by atoms with van der Waals surface area (Å²) < 4.78 is 27.7. The predicted molar refractivity (Wildman–Crippen MR) is 64.9 cm³/mol. The molecule has 2 rings (SSSR count). The van der Waals surface area contributed by atoms with Crippen LogP contribution in [0.3, 0.4) is 0 Å².